The van der Waals surface area contributed by atoms with E-state index in [0.717, 1.165) is 39.7 Å². The number of aromatic carboxylic acids is 1. The van der Waals surface area contributed by atoms with Crippen LogP contribution >= 0.6 is 33.9 Å². The average molecular weight is 426 g/mol. The van der Waals surface area contributed by atoms with E-state index in [0.29, 0.717) is 10.6 Å². The van der Waals surface area contributed by atoms with E-state index in [1.807, 2.05) is 12.1 Å². The third kappa shape index (κ3) is 3.03. The summed E-state index contributed by atoms with van der Waals surface area (Å²) in [6.07, 6.45) is 3.66. The predicted octanol–water partition coefficient (Wildman–Crippen LogP) is 2.85. The number of nitrogens with one attached hydrogen (secondary N) is 1. The van der Waals surface area contributed by atoms with Gasteiger partial charge in [-0.25, -0.2) is 0 Å². The molecule has 6 heteroatoms. The Balaban J connectivity index is 1.91. The molecule has 0 unspecified atom stereocenters. The van der Waals surface area contributed by atoms with Crippen LogP contribution in [-0.2, 0) is 12.8 Å². The largest absolute Gasteiger partial charge is 0.545 e. The molecule has 1 aliphatic carbocycles. The summed E-state index contributed by atoms with van der Waals surface area (Å²) >= 11 is 3.53. The number of fused-ring (bicyclic) bond motifs is 1. The maximum absolute atomic E-state index is 12.3. The summed E-state index contributed by atoms with van der Waals surface area (Å²) < 4.78 is 1.04. The minimum Gasteiger partial charge on any atom is -0.545 e. The first kappa shape index (κ1) is 15.5. The highest BCUT2D eigenvalue weighted by atomic mass is 127. The number of hydrogen-bond donors (Lipinski definition) is 1. The van der Waals surface area contributed by atoms with E-state index < -0.39 is 5.97 Å². The highest BCUT2D eigenvalue weighted by Crippen LogP contribution is 2.38. The fraction of sp³-hybridized carbons (Fsp3) is 0.250. The van der Waals surface area contributed by atoms with Gasteiger partial charge >= 0.3 is 0 Å². The van der Waals surface area contributed by atoms with Crippen LogP contribution in [0.25, 0.3) is 0 Å². The summed E-state index contributed by atoms with van der Waals surface area (Å²) in [4.78, 5) is 24.8. The fourth-order valence-corrected chi connectivity index (χ4v) is 4.28. The number of halogens is 1. The van der Waals surface area contributed by atoms with Gasteiger partial charge in [0.15, 0.2) is 0 Å². The van der Waals surface area contributed by atoms with Crippen LogP contribution in [0.15, 0.2) is 24.3 Å². The van der Waals surface area contributed by atoms with E-state index in [4.69, 9.17) is 0 Å². The van der Waals surface area contributed by atoms with E-state index in [2.05, 4.69) is 27.9 Å². The molecular formula is C16H13INO3S-. The zero-order chi connectivity index (χ0) is 15.7. The Bertz CT molecular complexity index is 737. The Hall–Kier alpha value is -1.41. The van der Waals surface area contributed by atoms with Gasteiger partial charge in [0.05, 0.1) is 5.97 Å². The molecule has 0 saturated heterocycles. The number of anilines is 1. The van der Waals surface area contributed by atoms with E-state index >= 15 is 0 Å². The minimum absolute atomic E-state index is 0.165. The molecular weight excluding hydrogens is 413 g/mol. The van der Waals surface area contributed by atoms with Crippen LogP contribution in [0.5, 0.6) is 0 Å². The van der Waals surface area contributed by atoms with Crippen molar-refractivity contribution in [3.63, 3.8) is 0 Å². The molecule has 4 nitrogen and oxygen atoms in total. The molecule has 1 N–H and O–H groups in total. The second kappa shape index (κ2) is 6.37. The van der Waals surface area contributed by atoms with Gasteiger partial charge in [0.1, 0.15) is 5.00 Å². The number of carboxylic acid groups (broad SMARTS) is 1. The van der Waals surface area contributed by atoms with Crippen molar-refractivity contribution < 1.29 is 14.7 Å². The Morgan fingerprint density at radius 3 is 2.50 bits per heavy atom. The van der Waals surface area contributed by atoms with Crippen molar-refractivity contribution in [1.82, 2.24) is 0 Å². The maximum atomic E-state index is 12.3. The lowest BCUT2D eigenvalue weighted by molar-refractivity contribution is -0.254. The van der Waals surface area contributed by atoms with Gasteiger partial charge in [0, 0.05) is 19.6 Å². The second-order valence-electron chi connectivity index (χ2n) is 5.16. The molecule has 1 heterocycles. The summed E-state index contributed by atoms with van der Waals surface area (Å²) in [5, 5.41) is 14.6. The number of rotatable bonds is 3. The first-order valence-electron chi connectivity index (χ1n) is 6.99. The van der Waals surface area contributed by atoms with Gasteiger partial charge in [0.2, 0.25) is 0 Å². The molecule has 3 rings (SSSR count). The molecule has 0 atom stereocenters. The lowest BCUT2D eigenvalue weighted by atomic mass is 9.95. The molecule has 1 aromatic carbocycles. The third-order valence-electron chi connectivity index (χ3n) is 3.71. The summed E-state index contributed by atoms with van der Waals surface area (Å²) in [5.74, 6) is -1.50. The fourth-order valence-electron chi connectivity index (χ4n) is 2.65. The van der Waals surface area contributed by atoms with E-state index in [9.17, 15) is 14.7 Å². The first-order valence-corrected chi connectivity index (χ1v) is 8.88. The molecule has 0 aliphatic heterocycles. The van der Waals surface area contributed by atoms with Crippen LogP contribution < -0.4 is 10.4 Å². The topological polar surface area (TPSA) is 69.2 Å². The highest BCUT2D eigenvalue weighted by molar-refractivity contribution is 14.1. The maximum Gasteiger partial charge on any atom is 0.256 e. The smallest absolute Gasteiger partial charge is 0.256 e. The van der Waals surface area contributed by atoms with Crippen LogP contribution in [0.4, 0.5) is 5.00 Å². The van der Waals surface area contributed by atoms with Gasteiger partial charge in [-0.05, 0) is 78.1 Å². The quantitative estimate of drug-likeness (QED) is 0.768. The molecule has 2 aromatic rings. The molecule has 114 valence electrons. The normalized spacial score (nSPS) is 13.5. The lowest BCUT2D eigenvalue weighted by Gasteiger charge is -2.13. The van der Waals surface area contributed by atoms with Gasteiger partial charge in [0.25, 0.3) is 5.91 Å². The van der Waals surface area contributed by atoms with E-state index in [1.165, 1.54) is 11.3 Å². The van der Waals surface area contributed by atoms with Crippen molar-refractivity contribution >= 4 is 50.8 Å². The molecule has 0 radical (unpaired) electrons. The van der Waals surface area contributed by atoms with Crippen molar-refractivity contribution in [3.05, 3.63) is 49.4 Å². The SMILES string of the molecule is O=C(Nc1sc2c(c1C(=O)[O-])CCCC2)c1ccc(I)cc1. The van der Waals surface area contributed by atoms with Crippen molar-refractivity contribution in [2.45, 2.75) is 25.7 Å². The van der Waals surface area contributed by atoms with Gasteiger partial charge in [-0.1, -0.05) is 0 Å². The van der Waals surface area contributed by atoms with E-state index in [1.54, 1.807) is 12.1 Å². The number of carboxylic acids is 1. The van der Waals surface area contributed by atoms with Gasteiger partial charge in [-0.15, -0.1) is 11.3 Å². The number of carbonyl (C=O) groups is 2. The van der Waals surface area contributed by atoms with E-state index in [-0.39, 0.29) is 11.5 Å². The van der Waals surface area contributed by atoms with Crippen LogP contribution in [-0.4, -0.2) is 11.9 Å². The number of aryl methyl sites for hydroxylation is 1. The summed E-state index contributed by atoms with van der Waals surface area (Å²) in [7, 11) is 0. The molecule has 0 saturated carbocycles. The summed E-state index contributed by atoms with van der Waals surface area (Å²) in [5.41, 5.74) is 1.52. The van der Waals surface area contributed by atoms with Crippen molar-refractivity contribution in [1.29, 1.82) is 0 Å². The Labute approximate surface area is 145 Å². The molecule has 0 bridgehead atoms. The van der Waals surface area contributed by atoms with Crippen LogP contribution in [0.1, 0.15) is 44.0 Å². The number of benzene rings is 1. The first-order chi connectivity index (χ1) is 10.6. The molecule has 1 aromatic heterocycles. The molecule has 1 aliphatic rings. The monoisotopic (exact) mass is 426 g/mol. The number of amides is 1. The van der Waals surface area contributed by atoms with Gasteiger partial charge in [-0.2, -0.15) is 0 Å². The standard InChI is InChI=1S/C16H14INO3S/c17-10-7-5-9(6-8-10)14(19)18-15-13(16(20)21)11-3-1-2-4-12(11)22-15/h5-8H,1-4H2,(H,18,19)(H,20,21)/p-1. The molecule has 0 spiro atoms. The lowest BCUT2D eigenvalue weighted by Crippen LogP contribution is -2.25. The highest BCUT2D eigenvalue weighted by Gasteiger charge is 2.22. The predicted molar refractivity (Wildman–Crippen MR) is 92.4 cm³/mol. The van der Waals surface area contributed by atoms with Crippen molar-refractivity contribution in [3.8, 4) is 0 Å². The number of carbonyl (C=O) groups excluding carboxylic acids is 2. The van der Waals surface area contributed by atoms with Gasteiger partial charge < -0.3 is 15.2 Å². The zero-order valence-electron chi connectivity index (χ0n) is 11.6. The molecule has 1 amide bonds. The minimum atomic E-state index is -1.21. The Morgan fingerprint density at radius 2 is 1.82 bits per heavy atom. The summed E-state index contributed by atoms with van der Waals surface area (Å²) in [6, 6.07) is 7.13. The third-order valence-corrected chi connectivity index (χ3v) is 5.64. The number of thiophene rings is 1. The van der Waals surface area contributed by atoms with Crippen LogP contribution in [0.3, 0.4) is 0 Å². The van der Waals surface area contributed by atoms with Crippen LogP contribution in [0.2, 0.25) is 0 Å². The Morgan fingerprint density at radius 1 is 1.14 bits per heavy atom. The zero-order valence-corrected chi connectivity index (χ0v) is 14.6. The average Bonchev–Trinajstić information content (AvgIpc) is 2.85. The van der Waals surface area contributed by atoms with Gasteiger partial charge in [-0.3, -0.25) is 4.79 Å². The second-order valence-corrected chi connectivity index (χ2v) is 7.51. The van der Waals surface area contributed by atoms with Crippen molar-refractivity contribution in [2.24, 2.45) is 0 Å². The van der Waals surface area contributed by atoms with Crippen molar-refractivity contribution in [2.75, 3.05) is 5.32 Å². The molecule has 22 heavy (non-hydrogen) atoms. The molecule has 0 fully saturated rings. The number of hydrogen-bond acceptors (Lipinski definition) is 4. The summed E-state index contributed by atoms with van der Waals surface area (Å²) in [6.45, 7) is 0. The Kier molecular flexibility index (Phi) is 4.49. The van der Waals surface area contributed by atoms with Crippen LogP contribution in [0, 0.1) is 3.57 Å².